The zero-order valence-corrected chi connectivity index (χ0v) is 13.2. The Morgan fingerprint density at radius 1 is 0.857 bits per heavy atom. The highest BCUT2D eigenvalue weighted by Crippen LogP contribution is 2.21. The van der Waals surface area contributed by atoms with Crippen LogP contribution in [0.1, 0.15) is 43.0 Å². The summed E-state index contributed by atoms with van der Waals surface area (Å²) in [5.74, 6) is 2.64. The summed E-state index contributed by atoms with van der Waals surface area (Å²) in [6.07, 6.45) is 5.36. The van der Waals surface area contributed by atoms with Gasteiger partial charge in [-0.3, -0.25) is 0 Å². The van der Waals surface area contributed by atoms with Crippen molar-refractivity contribution < 1.29 is 5.32 Å². The van der Waals surface area contributed by atoms with Crippen LogP contribution in [0.2, 0.25) is 0 Å². The molecule has 0 saturated carbocycles. The first-order valence-electron chi connectivity index (χ1n) is 7.46. The fourth-order valence-corrected chi connectivity index (χ4v) is 2.28. The molecule has 0 amide bonds. The van der Waals surface area contributed by atoms with Crippen molar-refractivity contribution in [3.05, 3.63) is 70.8 Å². The lowest BCUT2D eigenvalue weighted by Gasteiger charge is -2.18. The standard InChI is InChI=1S/C20H23N/c1-5-16-6-8-17(9-7-16)14-21-15-18-10-12-19(13-11-18)20(2,3)4/h1,6-13,21H,14-15H2,2-4H3/p+1. The molecule has 0 atom stereocenters. The Balaban J connectivity index is 1.87. The summed E-state index contributed by atoms with van der Waals surface area (Å²) in [5, 5.41) is 2.32. The number of rotatable bonds is 4. The Morgan fingerprint density at radius 3 is 1.76 bits per heavy atom. The molecule has 0 aliphatic heterocycles. The van der Waals surface area contributed by atoms with Crippen molar-refractivity contribution in [2.75, 3.05) is 0 Å². The number of hydrogen-bond donors (Lipinski definition) is 1. The van der Waals surface area contributed by atoms with Crippen molar-refractivity contribution in [1.82, 2.24) is 0 Å². The molecule has 1 nitrogen and oxygen atoms in total. The van der Waals surface area contributed by atoms with Crippen LogP contribution in [-0.4, -0.2) is 0 Å². The van der Waals surface area contributed by atoms with Gasteiger partial charge in [-0.15, -0.1) is 6.42 Å². The maximum atomic E-state index is 5.36. The molecule has 0 unspecified atom stereocenters. The van der Waals surface area contributed by atoms with Gasteiger partial charge in [-0.25, -0.2) is 0 Å². The predicted molar refractivity (Wildman–Crippen MR) is 88.9 cm³/mol. The maximum absolute atomic E-state index is 5.36. The number of hydrogen-bond acceptors (Lipinski definition) is 0. The van der Waals surface area contributed by atoms with Gasteiger partial charge in [-0.2, -0.15) is 0 Å². The van der Waals surface area contributed by atoms with E-state index in [2.05, 4.69) is 68.4 Å². The van der Waals surface area contributed by atoms with Crippen LogP contribution >= 0.6 is 0 Å². The fraction of sp³-hybridized carbons (Fsp3) is 0.300. The molecule has 0 aliphatic rings. The fourth-order valence-electron chi connectivity index (χ4n) is 2.28. The van der Waals surface area contributed by atoms with E-state index in [1.165, 1.54) is 16.7 Å². The number of terminal acetylenes is 1. The molecule has 2 aromatic rings. The largest absolute Gasteiger partial charge is 0.339 e. The van der Waals surface area contributed by atoms with Crippen molar-refractivity contribution in [2.24, 2.45) is 0 Å². The minimum Gasteiger partial charge on any atom is -0.339 e. The van der Waals surface area contributed by atoms with Crippen LogP contribution in [0.15, 0.2) is 48.5 Å². The van der Waals surface area contributed by atoms with Gasteiger partial charge in [0, 0.05) is 16.7 Å². The summed E-state index contributed by atoms with van der Waals surface area (Å²) in [6.45, 7) is 8.71. The molecule has 1 heteroatoms. The summed E-state index contributed by atoms with van der Waals surface area (Å²) in [7, 11) is 0. The molecule has 0 spiro atoms. The van der Waals surface area contributed by atoms with Crippen molar-refractivity contribution in [3.8, 4) is 12.3 Å². The molecule has 0 aliphatic carbocycles. The van der Waals surface area contributed by atoms with Crippen LogP contribution in [0.3, 0.4) is 0 Å². The summed E-state index contributed by atoms with van der Waals surface area (Å²) in [6, 6.07) is 17.2. The van der Waals surface area contributed by atoms with Crippen LogP contribution in [-0.2, 0) is 18.5 Å². The van der Waals surface area contributed by atoms with Gasteiger partial charge in [0.05, 0.1) is 0 Å². The summed E-state index contributed by atoms with van der Waals surface area (Å²) in [5.41, 5.74) is 5.22. The lowest BCUT2D eigenvalue weighted by Crippen LogP contribution is -2.80. The Hall–Kier alpha value is -2.04. The Morgan fingerprint density at radius 2 is 1.33 bits per heavy atom. The minimum absolute atomic E-state index is 0.223. The first-order valence-corrected chi connectivity index (χ1v) is 7.46. The molecule has 0 heterocycles. The summed E-state index contributed by atoms with van der Waals surface area (Å²) in [4.78, 5) is 0. The van der Waals surface area contributed by atoms with E-state index in [4.69, 9.17) is 6.42 Å². The smallest absolute Gasteiger partial charge is 0.101 e. The third-order valence-electron chi connectivity index (χ3n) is 3.70. The van der Waals surface area contributed by atoms with Gasteiger partial charge in [-0.05, 0) is 23.1 Å². The molecule has 0 radical (unpaired) electrons. The summed E-state index contributed by atoms with van der Waals surface area (Å²) < 4.78 is 0. The highest BCUT2D eigenvalue weighted by atomic mass is 14.8. The molecule has 2 aromatic carbocycles. The van der Waals surface area contributed by atoms with Crippen LogP contribution in [0.5, 0.6) is 0 Å². The van der Waals surface area contributed by atoms with E-state index < -0.39 is 0 Å². The molecular formula is C20H24N+. The first-order chi connectivity index (χ1) is 9.99. The lowest BCUT2D eigenvalue weighted by atomic mass is 9.87. The van der Waals surface area contributed by atoms with Crippen molar-refractivity contribution in [2.45, 2.75) is 39.3 Å². The first kappa shape index (κ1) is 15.4. The van der Waals surface area contributed by atoms with Gasteiger partial charge in [-0.1, -0.05) is 63.1 Å². The van der Waals surface area contributed by atoms with Crippen molar-refractivity contribution in [3.63, 3.8) is 0 Å². The van der Waals surface area contributed by atoms with E-state index in [-0.39, 0.29) is 5.41 Å². The second kappa shape index (κ2) is 6.61. The number of quaternary nitrogens is 1. The topological polar surface area (TPSA) is 16.6 Å². The molecule has 0 aromatic heterocycles. The molecule has 21 heavy (non-hydrogen) atoms. The van der Waals surface area contributed by atoms with Gasteiger partial charge in [0.1, 0.15) is 13.1 Å². The molecule has 0 fully saturated rings. The quantitative estimate of drug-likeness (QED) is 0.827. The monoisotopic (exact) mass is 278 g/mol. The molecule has 108 valence electrons. The Bertz CT molecular complexity index is 607. The van der Waals surface area contributed by atoms with Gasteiger partial charge in [0.2, 0.25) is 0 Å². The molecule has 0 saturated heterocycles. The second-order valence-corrected chi connectivity index (χ2v) is 6.49. The lowest BCUT2D eigenvalue weighted by molar-refractivity contribution is -0.686. The molecule has 2 N–H and O–H groups in total. The van der Waals surface area contributed by atoms with Gasteiger partial charge < -0.3 is 5.32 Å². The number of benzene rings is 2. The predicted octanol–water partition coefficient (Wildman–Crippen LogP) is 3.23. The normalized spacial score (nSPS) is 11.1. The van der Waals surface area contributed by atoms with E-state index in [0.29, 0.717) is 0 Å². The van der Waals surface area contributed by atoms with Crippen molar-refractivity contribution in [1.29, 1.82) is 0 Å². The van der Waals surface area contributed by atoms with E-state index in [1.807, 2.05) is 12.1 Å². The van der Waals surface area contributed by atoms with E-state index in [9.17, 15) is 0 Å². The maximum Gasteiger partial charge on any atom is 0.101 e. The Kier molecular flexibility index (Phi) is 4.83. The average molecular weight is 278 g/mol. The molecule has 2 rings (SSSR count). The van der Waals surface area contributed by atoms with Crippen LogP contribution in [0, 0.1) is 12.3 Å². The highest BCUT2D eigenvalue weighted by Gasteiger charge is 2.12. The number of nitrogens with two attached hydrogens (primary N) is 1. The van der Waals surface area contributed by atoms with Gasteiger partial charge in [0.15, 0.2) is 0 Å². The second-order valence-electron chi connectivity index (χ2n) is 6.49. The third kappa shape index (κ3) is 4.48. The van der Waals surface area contributed by atoms with Crippen LogP contribution in [0.25, 0.3) is 0 Å². The van der Waals surface area contributed by atoms with Crippen molar-refractivity contribution >= 4 is 0 Å². The third-order valence-corrected chi connectivity index (χ3v) is 3.70. The summed E-state index contributed by atoms with van der Waals surface area (Å²) >= 11 is 0. The van der Waals surface area contributed by atoms with Crippen LogP contribution in [0.4, 0.5) is 0 Å². The zero-order valence-electron chi connectivity index (χ0n) is 13.2. The Labute approximate surface area is 128 Å². The van der Waals surface area contributed by atoms with E-state index in [1.54, 1.807) is 0 Å². The molecular weight excluding hydrogens is 254 g/mol. The van der Waals surface area contributed by atoms with E-state index >= 15 is 0 Å². The van der Waals surface area contributed by atoms with Gasteiger partial charge >= 0.3 is 0 Å². The zero-order chi connectivity index (χ0) is 15.3. The highest BCUT2D eigenvalue weighted by molar-refractivity contribution is 5.33. The van der Waals surface area contributed by atoms with E-state index in [0.717, 1.165) is 18.7 Å². The average Bonchev–Trinajstić information content (AvgIpc) is 2.47. The SMILES string of the molecule is C#Cc1ccc(C[NH2+]Cc2ccc(C(C)(C)C)cc2)cc1. The van der Waals surface area contributed by atoms with Gasteiger partial charge in [0.25, 0.3) is 0 Å². The van der Waals surface area contributed by atoms with Crippen LogP contribution < -0.4 is 5.32 Å². The minimum atomic E-state index is 0.223. The molecule has 0 bridgehead atoms.